The number of nitrogens with one attached hydrogen (secondary N) is 2. The lowest BCUT2D eigenvalue weighted by atomic mass is 9.92. The number of aliphatic imine (C=N–C) groups is 1. The molecule has 2 heterocycles. The maximum Gasteiger partial charge on any atom is 0.120 e. The Kier molecular flexibility index (Phi) is 1.40. The minimum Gasteiger partial charge on any atom is -0.309 e. The van der Waals surface area contributed by atoms with Gasteiger partial charge in [0.15, 0.2) is 0 Å². The van der Waals surface area contributed by atoms with E-state index in [2.05, 4.69) is 40.1 Å². The van der Waals surface area contributed by atoms with Crippen LogP contribution >= 0.6 is 0 Å². The predicted molar refractivity (Wildman–Crippen MR) is 51.5 cm³/mol. The van der Waals surface area contributed by atoms with Crippen molar-refractivity contribution in [3.63, 3.8) is 0 Å². The van der Waals surface area contributed by atoms with Crippen LogP contribution in [0.3, 0.4) is 0 Å². The van der Waals surface area contributed by atoms with Crippen molar-refractivity contribution in [1.82, 2.24) is 10.9 Å². The quantitative estimate of drug-likeness (QED) is 0.608. The first-order valence-corrected chi connectivity index (χ1v) is 4.56. The molecular formula is C10H11N3. The summed E-state index contributed by atoms with van der Waals surface area (Å²) in [5.41, 5.74) is 9.01. The maximum absolute atomic E-state index is 4.48. The lowest BCUT2D eigenvalue weighted by Gasteiger charge is -2.18. The fraction of sp³-hybridized carbons (Fsp3) is 0.300. The van der Waals surface area contributed by atoms with Crippen molar-refractivity contribution < 1.29 is 0 Å². The Morgan fingerprint density at radius 1 is 1.31 bits per heavy atom. The van der Waals surface area contributed by atoms with Crippen molar-refractivity contribution in [2.75, 3.05) is 6.54 Å². The molecule has 0 saturated carbocycles. The Balaban J connectivity index is 2.12. The van der Waals surface area contributed by atoms with Crippen LogP contribution in [0.1, 0.15) is 17.0 Å². The van der Waals surface area contributed by atoms with Crippen LogP contribution in [-0.4, -0.2) is 12.4 Å². The highest BCUT2D eigenvalue weighted by atomic mass is 15.4. The molecule has 1 saturated heterocycles. The number of benzene rings is 1. The molecule has 0 aliphatic carbocycles. The number of amidine groups is 1. The van der Waals surface area contributed by atoms with Gasteiger partial charge in [-0.3, -0.25) is 4.99 Å². The third kappa shape index (κ3) is 0.971. The molecule has 1 fully saturated rings. The standard InChI is InChI=1S/C10H11N3/c1-2-4-8-7(3-1)5-11-10-9(8)6-12-13-10/h1-4,9,12H,5-6H2,(H,11,13). The summed E-state index contributed by atoms with van der Waals surface area (Å²) in [6.45, 7) is 1.77. The fourth-order valence-corrected chi connectivity index (χ4v) is 2.02. The van der Waals surface area contributed by atoms with E-state index in [1.807, 2.05) is 0 Å². The Morgan fingerprint density at radius 3 is 3.23 bits per heavy atom. The van der Waals surface area contributed by atoms with Gasteiger partial charge in [-0.1, -0.05) is 24.3 Å². The Hall–Kier alpha value is -1.35. The van der Waals surface area contributed by atoms with Crippen molar-refractivity contribution >= 4 is 5.84 Å². The topological polar surface area (TPSA) is 36.4 Å². The largest absolute Gasteiger partial charge is 0.309 e. The summed E-state index contributed by atoms with van der Waals surface area (Å²) in [6, 6.07) is 8.53. The molecule has 3 heteroatoms. The molecule has 2 N–H and O–H groups in total. The van der Waals surface area contributed by atoms with Crippen molar-refractivity contribution in [3.8, 4) is 0 Å². The molecule has 1 unspecified atom stereocenters. The van der Waals surface area contributed by atoms with Gasteiger partial charge in [-0.15, -0.1) is 0 Å². The van der Waals surface area contributed by atoms with Crippen LogP contribution in [0.4, 0.5) is 0 Å². The van der Waals surface area contributed by atoms with E-state index in [1.165, 1.54) is 11.1 Å². The highest BCUT2D eigenvalue weighted by Gasteiger charge is 2.28. The molecule has 1 aromatic carbocycles. The average molecular weight is 173 g/mol. The Labute approximate surface area is 76.8 Å². The van der Waals surface area contributed by atoms with Crippen LogP contribution in [0.2, 0.25) is 0 Å². The number of nitrogens with zero attached hydrogens (tertiary/aromatic N) is 1. The number of hydrogen-bond acceptors (Lipinski definition) is 3. The molecule has 2 aliphatic rings. The lowest BCUT2D eigenvalue weighted by molar-refractivity contribution is 0.719. The summed E-state index contributed by atoms with van der Waals surface area (Å²) in [7, 11) is 0. The maximum atomic E-state index is 4.48. The highest BCUT2D eigenvalue weighted by Crippen LogP contribution is 2.27. The van der Waals surface area contributed by atoms with Crippen LogP contribution in [0.5, 0.6) is 0 Å². The number of fused-ring (bicyclic) bond motifs is 3. The minimum atomic E-state index is 0.449. The van der Waals surface area contributed by atoms with Gasteiger partial charge >= 0.3 is 0 Å². The smallest absolute Gasteiger partial charge is 0.120 e. The van der Waals surface area contributed by atoms with E-state index >= 15 is 0 Å². The molecule has 3 nitrogen and oxygen atoms in total. The van der Waals surface area contributed by atoms with E-state index in [-0.39, 0.29) is 0 Å². The van der Waals surface area contributed by atoms with E-state index in [0.29, 0.717) is 5.92 Å². The minimum absolute atomic E-state index is 0.449. The van der Waals surface area contributed by atoms with Crippen LogP contribution in [0.15, 0.2) is 29.3 Å². The molecule has 13 heavy (non-hydrogen) atoms. The molecule has 1 atom stereocenters. The van der Waals surface area contributed by atoms with E-state index < -0.39 is 0 Å². The summed E-state index contributed by atoms with van der Waals surface area (Å²) < 4.78 is 0. The van der Waals surface area contributed by atoms with Crippen molar-refractivity contribution in [2.24, 2.45) is 4.99 Å². The zero-order valence-electron chi connectivity index (χ0n) is 7.25. The van der Waals surface area contributed by atoms with Gasteiger partial charge < -0.3 is 5.43 Å². The monoisotopic (exact) mass is 173 g/mol. The van der Waals surface area contributed by atoms with Gasteiger partial charge in [0.2, 0.25) is 0 Å². The molecule has 0 radical (unpaired) electrons. The van der Waals surface area contributed by atoms with E-state index in [9.17, 15) is 0 Å². The molecule has 0 spiro atoms. The van der Waals surface area contributed by atoms with Crippen LogP contribution < -0.4 is 10.9 Å². The summed E-state index contributed by atoms with van der Waals surface area (Å²) in [5, 5.41) is 0. The number of hydrogen-bond donors (Lipinski definition) is 2. The zero-order chi connectivity index (χ0) is 8.67. The van der Waals surface area contributed by atoms with Crippen LogP contribution in [0.25, 0.3) is 0 Å². The van der Waals surface area contributed by atoms with Gasteiger partial charge in [-0.2, -0.15) is 0 Å². The molecule has 3 rings (SSSR count). The first-order chi connectivity index (χ1) is 6.45. The third-order valence-corrected chi connectivity index (χ3v) is 2.70. The van der Waals surface area contributed by atoms with E-state index in [0.717, 1.165) is 18.9 Å². The normalized spacial score (nSPS) is 24.3. The lowest BCUT2D eigenvalue weighted by Crippen LogP contribution is -2.27. The zero-order valence-corrected chi connectivity index (χ0v) is 7.25. The average Bonchev–Trinajstić information content (AvgIpc) is 2.65. The molecule has 0 amide bonds. The van der Waals surface area contributed by atoms with Crippen molar-refractivity contribution in [1.29, 1.82) is 0 Å². The van der Waals surface area contributed by atoms with E-state index in [1.54, 1.807) is 0 Å². The van der Waals surface area contributed by atoms with Crippen molar-refractivity contribution in [3.05, 3.63) is 35.4 Å². The number of hydrazine groups is 1. The second kappa shape index (κ2) is 2.57. The molecular weight excluding hydrogens is 162 g/mol. The van der Waals surface area contributed by atoms with Gasteiger partial charge in [0.05, 0.1) is 12.5 Å². The van der Waals surface area contributed by atoms with Crippen molar-refractivity contribution in [2.45, 2.75) is 12.5 Å². The molecule has 66 valence electrons. The molecule has 1 aromatic rings. The van der Waals surface area contributed by atoms with Gasteiger partial charge in [0.25, 0.3) is 0 Å². The van der Waals surface area contributed by atoms with Crippen LogP contribution in [0, 0.1) is 0 Å². The first-order valence-electron chi connectivity index (χ1n) is 4.56. The summed E-state index contributed by atoms with van der Waals surface area (Å²) in [6.07, 6.45) is 0. The Bertz CT molecular complexity index is 370. The van der Waals surface area contributed by atoms with Gasteiger partial charge in [0.1, 0.15) is 5.84 Å². The van der Waals surface area contributed by atoms with Gasteiger partial charge in [-0.05, 0) is 11.1 Å². The predicted octanol–water partition coefficient (Wildman–Crippen LogP) is 0.790. The van der Waals surface area contributed by atoms with E-state index in [4.69, 9.17) is 0 Å². The summed E-state index contributed by atoms with van der Waals surface area (Å²) >= 11 is 0. The first kappa shape index (κ1) is 7.09. The van der Waals surface area contributed by atoms with Gasteiger partial charge in [-0.25, -0.2) is 5.43 Å². The number of rotatable bonds is 0. The molecule has 0 bridgehead atoms. The Morgan fingerprint density at radius 2 is 2.23 bits per heavy atom. The van der Waals surface area contributed by atoms with Crippen LogP contribution in [-0.2, 0) is 6.54 Å². The summed E-state index contributed by atoms with van der Waals surface area (Å²) in [4.78, 5) is 4.48. The third-order valence-electron chi connectivity index (χ3n) is 2.70. The van der Waals surface area contributed by atoms with Gasteiger partial charge in [0, 0.05) is 6.54 Å². The second-order valence-corrected chi connectivity index (χ2v) is 3.46. The highest BCUT2D eigenvalue weighted by molar-refractivity contribution is 5.91. The molecule has 0 aromatic heterocycles. The fourth-order valence-electron chi connectivity index (χ4n) is 2.02. The SMILES string of the molecule is c1ccc2c(c1)CN=C1NNCC12. The molecule has 2 aliphatic heterocycles. The summed E-state index contributed by atoms with van der Waals surface area (Å²) in [5.74, 6) is 1.55. The second-order valence-electron chi connectivity index (χ2n) is 3.46.